The van der Waals surface area contributed by atoms with E-state index in [1.165, 1.54) is 0 Å². The Kier molecular flexibility index (Phi) is 1.57. The van der Waals surface area contributed by atoms with E-state index in [9.17, 15) is 4.79 Å². The van der Waals surface area contributed by atoms with E-state index in [4.69, 9.17) is 5.26 Å². The lowest BCUT2D eigenvalue weighted by Gasteiger charge is -1.89. The number of aldehydes is 1. The molecule has 62 valence electrons. The average Bonchev–Trinajstić information content (AvgIpc) is 2.59. The summed E-state index contributed by atoms with van der Waals surface area (Å²) in [5.41, 5.74) is 1.47. The van der Waals surface area contributed by atoms with Crippen molar-refractivity contribution >= 4 is 17.3 Å². The van der Waals surface area contributed by atoms with Gasteiger partial charge in [0.05, 0.1) is 0 Å². The van der Waals surface area contributed by atoms with E-state index in [2.05, 4.69) is 9.97 Å². The molecule has 0 unspecified atom stereocenters. The first kappa shape index (κ1) is 7.50. The Morgan fingerprint density at radius 3 is 3.08 bits per heavy atom. The number of nitrogens with one attached hydrogen (secondary N) is 1. The molecule has 2 aromatic heterocycles. The minimum absolute atomic E-state index is 0.340. The maximum atomic E-state index is 10.5. The van der Waals surface area contributed by atoms with Gasteiger partial charge in [0.2, 0.25) is 0 Å². The Labute approximate surface area is 73.8 Å². The van der Waals surface area contributed by atoms with Crippen molar-refractivity contribution in [2.75, 3.05) is 0 Å². The number of hydrogen-bond donors (Lipinski definition) is 1. The molecule has 2 heterocycles. The van der Waals surface area contributed by atoms with Crippen LogP contribution >= 0.6 is 0 Å². The van der Waals surface area contributed by atoms with Crippen LogP contribution in [0.5, 0.6) is 0 Å². The molecule has 0 aliphatic rings. The van der Waals surface area contributed by atoms with Crippen LogP contribution in [0.1, 0.15) is 16.1 Å². The summed E-state index contributed by atoms with van der Waals surface area (Å²) in [6.45, 7) is 0. The predicted octanol–water partition coefficient (Wildman–Crippen LogP) is 1.25. The van der Waals surface area contributed by atoms with Gasteiger partial charge >= 0.3 is 0 Å². The van der Waals surface area contributed by atoms with Crippen molar-refractivity contribution in [1.29, 1.82) is 5.26 Å². The van der Waals surface area contributed by atoms with Crippen LogP contribution in [0.25, 0.3) is 11.0 Å². The summed E-state index contributed by atoms with van der Waals surface area (Å²) in [5.74, 6) is 0. The molecule has 0 saturated carbocycles. The molecule has 0 aliphatic carbocycles. The fraction of sp³-hybridized carbons (Fsp3) is 0. The van der Waals surface area contributed by atoms with E-state index in [1.807, 2.05) is 6.07 Å². The van der Waals surface area contributed by atoms with Crippen LogP contribution in [0, 0.1) is 11.3 Å². The molecule has 0 saturated heterocycles. The van der Waals surface area contributed by atoms with Crippen LogP contribution in [-0.4, -0.2) is 16.3 Å². The second kappa shape index (κ2) is 2.72. The van der Waals surface area contributed by atoms with Gasteiger partial charge in [-0.25, -0.2) is 4.98 Å². The first-order valence-electron chi connectivity index (χ1n) is 3.68. The van der Waals surface area contributed by atoms with Gasteiger partial charge in [0, 0.05) is 17.1 Å². The number of nitriles is 1. The monoisotopic (exact) mass is 171 g/mol. The maximum absolute atomic E-state index is 10.5. The maximum Gasteiger partial charge on any atom is 0.152 e. The van der Waals surface area contributed by atoms with Gasteiger partial charge in [-0.2, -0.15) is 5.26 Å². The lowest BCUT2D eigenvalue weighted by atomic mass is 10.2. The van der Waals surface area contributed by atoms with Gasteiger partial charge in [-0.3, -0.25) is 4.79 Å². The zero-order chi connectivity index (χ0) is 9.26. The van der Waals surface area contributed by atoms with Crippen LogP contribution in [-0.2, 0) is 0 Å². The van der Waals surface area contributed by atoms with E-state index in [0.717, 1.165) is 11.7 Å². The van der Waals surface area contributed by atoms with Crippen LogP contribution in [0.3, 0.4) is 0 Å². The second-order valence-electron chi connectivity index (χ2n) is 2.57. The van der Waals surface area contributed by atoms with Gasteiger partial charge in [0.1, 0.15) is 17.4 Å². The lowest BCUT2D eigenvalue weighted by Crippen LogP contribution is -1.82. The number of pyridine rings is 1. The summed E-state index contributed by atoms with van der Waals surface area (Å²) in [7, 11) is 0. The molecule has 0 aromatic carbocycles. The number of carbonyl (C=O) groups is 1. The number of fused-ring (bicyclic) bond motifs is 1. The standard InChI is InChI=1S/C9H5N3O/c10-3-7-1-2-8-6(5-13)4-11-9(8)12-7/h1-2,4-5H,(H,11,12). The highest BCUT2D eigenvalue weighted by Gasteiger charge is 2.03. The number of hydrogen-bond acceptors (Lipinski definition) is 3. The normalized spacial score (nSPS) is 9.77. The molecule has 2 aromatic rings. The third kappa shape index (κ3) is 1.07. The van der Waals surface area contributed by atoms with E-state index >= 15 is 0 Å². The van der Waals surface area contributed by atoms with E-state index in [0.29, 0.717) is 16.9 Å². The van der Waals surface area contributed by atoms with Crippen molar-refractivity contribution < 1.29 is 4.79 Å². The first-order chi connectivity index (χ1) is 6.35. The Morgan fingerprint density at radius 1 is 1.54 bits per heavy atom. The van der Waals surface area contributed by atoms with Crippen molar-refractivity contribution in [3.05, 3.63) is 29.6 Å². The molecule has 4 nitrogen and oxygen atoms in total. The van der Waals surface area contributed by atoms with E-state index < -0.39 is 0 Å². The van der Waals surface area contributed by atoms with Crippen molar-refractivity contribution in [3.63, 3.8) is 0 Å². The Balaban J connectivity index is 2.76. The van der Waals surface area contributed by atoms with Crippen molar-refractivity contribution in [2.24, 2.45) is 0 Å². The highest BCUT2D eigenvalue weighted by molar-refractivity contribution is 5.95. The van der Waals surface area contributed by atoms with Crippen molar-refractivity contribution in [3.8, 4) is 6.07 Å². The molecule has 0 atom stereocenters. The largest absolute Gasteiger partial charge is 0.345 e. The van der Waals surface area contributed by atoms with Crippen molar-refractivity contribution in [1.82, 2.24) is 9.97 Å². The van der Waals surface area contributed by atoms with Gasteiger partial charge < -0.3 is 4.98 Å². The van der Waals surface area contributed by atoms with E-state index in [1.54, 1.807) is 18.3 Å². The topological polar surface area (TPSA) is 69.5 Å². The fourth-order valence-electron chi connectivity index (χ4n) is 1.19. The molecule has 0 amide bonds. The zero-order valence-electron chi connectivity index (χ0n) is 6.61. The lowest BCUT2D eigenvalue weighted by molar-refractivity contribution is 0.112. The zero-order valence-corrected chi connectivity index (χ0v) is 6.61. The van der Waals surface area contributed by atoms with Crippen molar-refractivity contribution in [2.45, 2.75) is 0 Å². The summed E-state index contributed by atoms with van der Waals surface area (Å²) < 4.78 is 0. The quantitative estimate of drug-likeness (QED) is 0.656. The van der Waals surface area contributed by atoms with E-state index in [-0.39, 0.29) is 0 Å². The molecule has 0 aliphatic heterocycles. The van der Waals surface area contributed by atoms with Gasteiger partial charge in [-0.1, -0.05) is 0 Å². The van der Waals surface area contributed by atoms with Gasteiger partial charge in [-0.15, -0.1) is 0 Å². The third-order valence-electron chi connectivity index (χ3n) is 1.81. The average molecular weight is 171 g/mol. The number of rotatable bonds is 1. The SMILES string of the molecule is N#Cc1ccc2c(C=O)c[nH]c2n1. The van der Waals surface area contributed by atoms with Gasteiger partial charge in [0.15, 0.2) is 6.29 Å². The highest BCUT2D eigenvalue weighted by Crippen LogP contribution is 2.14. The van der Waals surface area contributed by atoms with Crippen LogP contribution in [0.4, 0.5) is 0 Å². The third-order valence-corrected chi connectivity index (χ3v) is 1.81. The number of H-pyrrole nitrogens is 1. The number of aromatic nitrogens is 2. The Bertz CT molecular complexity index is 507. The summed E-state index contributed by atoms with van der Waals surface area (Å²) in [5, 5.41) is 9.31. The minimum Gasteiger partial charge on any atom is -0.345 e. The first-order valence-corrected chi connectivity index (χ1v) is 3.68. The van der Waals surface area contributed by atoms with Crippen LogP contribution in [0.15, 0.2) is 18.3 Å². The number of nitrogens with zero attached hydrogens (tertiary/aromatic N) is 2. The molecule has 4 heteroatoms. The van der Waals surface area contributed by atoms with Gasteiger partial charge in [0.25, 0.3) is 0 Å². The van der Waals surface area contributed by atoms with Crippen LogP contribution < -0.4 is 0 Å². The molecular weight excluding hydrogens is 166 g/mol. The molecular formula is C9H5N3O. The molecule has 0 spiro atoms. The highest BCUT2D eigenvalue weighted by atomic mass is 16.1. The Hall–Kier alpha value is -2.15. The molecule has 0 bridgehead atoms. The predicted molar refractivity (Wildman–Crippen MR) is 46.2 cm³/mol. The summed E-state index contributed by atoms with van der Waals surface area (Å²) in [4.78, 5) is 17.3. The smallest absolute Gasteiger partial charge is 0.152 e. The number of carbonyl (C=O) groups excluding carboxylic acids is 1. The van der Waals surface area contributed by atoms with Crippen LogP contribution in [0.2, 0.25) is 0 Å². The fourth-order valence-corrected chi connectivity index (χ4v) is 1.19. The molecule has 2 rings (SSSR count). The van der Waals surface area contributed by atoms with Gasteiger partial charge in [-0.05, 0) is 12.1 Å². The summed E-state index contributed by atoms with van der Waals surface area (Å²) in [6.07, 6.45) is 2.33. The molecule has 1 N–H and O–H groups in total. The summed E-state index contributed by atoms with van der Waals surface area (Å²) in [6, 6.07) is 5.22. The second-order valence-corrected chi connectivity index (χ2v) is 2.57. The summed E-state index contributed by atoms with van der Waals surface area (Å²) >= 11 is 0. The minimum atomic E-state index is 0.340. The molecule has 13 heavy (non-hydrogen) atoms. The Morgan fingerprint density at radius 2 is 2.38 bits per heavy atom. The number of aromatic amines is 1. The molecule has 0 fully saturated rings. The molecule has 0 radical (unpaired) electrons.